The lowest BCUT2D eigenvalue weighted by Crippen LogP contribution is -2.49. The van der Waals surface area contributed by atoms with Gasteiger partial charge in [-0.05, 0) is 49.8 Å². The van der Waals surface area contributed by atoms with Crippen molar-refractivity contribution >= 4 is 17.8 Å². The van der Waals surface area contributed by atoms with E-state index in [4.69, 9.17) is 9.47 Å². The van der Waals surface area contributed by atoms with Crippen molar-refractivity contribution in [1.82, 2.24) is 15.5 Å². The number of nitrogens with zero attached hydrogens (tertiary/aromatic N) is 1. The average molecular weight is 389 g/mol. The zero-order chi connectivity index (χ0) is 20.3. The number of rotatable bonds is 6. The maximum absolute atomic E-state index is 12.8. The lowest BCUT2D eigenvalue weighted by molar-refractivity contribution is -0.136. The maximum atomic E-state index is 12.8. The molecule has 0 unspecified atom stereocenters. The van der Waals surface area contributed by atoms with E-state index in [1.807, 2.05) is 0 Å². The van der Waals surface area contributed by atoms with Gasteiger partial charge in [0.2, 0.25) is 5.91 Å². The van der Waals surface area contributed by atoms with Crippen LogP contribution in [-0.4, -0.2) is 49.0 Å². The van der Waals surface area contributed by atoms with Gasteiger partial charge < -0.3 is 20.1 Å². The second-order valence-electron chi connectivity index (χ2n) is 7.54. The third kappa shape index (κ3) is 3.90. The van der Waals surface area contributed by atoms with E-state index in [0.717, 1.165) is 23.3 Å². The monoisotopic (exact) mass is 389 g/mol. The molecular formula is C20H27N3O5. The standard InChI is InChI=1S/C20H27N3O5/c1-13-6-8-20(9-7-13)18(25)23(19(26)22-20)12-17(24)21-11-14-10-15(27-2)4-5-16(14)28-3/h4-5,10,13H,6-9,11-12H2,1-3H3,(H,21,24)(H,22,26). The first-order chi connectivity index (χ1) is 13.4. The zero-order valence-corrected chi connectivity index (χ0v) is 16.5. The summed E-state index contributed by atoms with van der Waals surface area (Å²) in [6.45, 7) is 2.05. The molecule has 8 heteroatoms. The highest BCUT2D eigenvalue weighted by molar-refractivity contribution is 6.09. The van der Waals surface area contributed by atoms with Gasteiger partial charge in [0.15, 0.2) is 0 Å². The van der Waals surface area contributed by atoms with Gasteiger partial charge in [-0.1, -0.05) is 6.92 Å². The molecule has 0 radical (unpaired) electrons. The predicted octanol–water partition coefficient (Wildman–Crippen LogP) is 1.82. The van der Waals surface area contributed by atoms with Gasteiger partial charge >= 0.3 is 6.03 Å². The van der Waals surface area contributed by atoms with E-state index in [-0.39, 0.29) is 19.0 Å². The summed E-state index contributed by atoms with van der Waals surface area (Å²) < 4.78 is 10.5. The Morgan fingerprint density at radius 1 is 1.25 bits per heavy atom. The van der Waals surface area contributed by atoms with Crippen molar-refractivity contribution in [2.45, 2.75) is 44.7 Å². The quantitative estimate of drug-likeness (QED) is 0.724. The Morgan fingerprint density at radius 3 is 2.61 bits per heavy atom. The molecule has 1 aliphatic heterocycles. The van der Waals surface area contributed by atoms with Crippen molar-refractivity contribution in [3.05, 3.63) is 23.8 Å². The maximum Gasteiger partial charge on any atom is 0.325 e. The Balaban J connectivity index is 1.61. The topological polar surface area (TPSA) is 97.0 Å². The molecule has 1 aromatic rings. The Labute approximate surface area is 164 Å². The molecule has 1 spiro atoms. The van der Waals surface area contributed by atoms with Crippen LogP contribution < -0.4 is 20.1 Å². The molecule has 1 saturated carbocycles. The fourth-order valence-corrected chi connectivity index (χ4v) is 3.83. The summed E-state index contributed by atoms with van der Waals surface area (Å²) in [7, 11) is 3.11. The molecule has 0 atom stereocenters. The van der Waals surface area contributed by atoms with Crippen LogP contribution in [0.5, 0.6) is 11.5 Å². The van der Waals surface area contributed by atoms with Crippen LogP contribution in [0.15, 0.2) is 18.2 Å². The number of ether oxygens (including phenoxy) is 2. The molecule has 3 rings (SSSR count). The van der Waals surface area contributed by atoms with Crippen molar-refractivity contribution < 1.29 is 23.9 Å². The van der Waals surface area contributed by atoms with E-state index >= 15 is 0 Å². The van der Waals surface area contributed by atoms with Gasteiger partial charge in [-0.2, -0.15) is 0 Å². The molecule has 0 bridgehead atoms. The first-order valence-electron chi connectivity index (χ1n) is 9.50. The molecule has 2 fully saturated rings. The SMILES string of the molecule is COc1ccc(OC)c(CNC(=O)CN2C(=O)NC3(CCC(C)CC3)C2=O)c1. The molecule has 1 aliphatic carbocycles. The van der Waals surface area contributed by atoms with Crippen LogP contribution in [0.1, 0.15) is 38.2 Å². The zero-order valence-electron chi connectivity index (χ0n) is 16.5. The molecule has 8 nitrogen and oxygen atoms in total. The van der Waals surface area contributed by atoms with Crippen LogP contribution in [-0.2, 0) is 16.1 Å². The molecule has 2 aliphatic rings. The minimum Gasteiger partial charge on any atom is -0.497 e. The summed E-state index contributed by atoms with van der Waals surface area (Å²) in [5.41, 5.74) is -0.0926. The second-order valence-corrected chi connectivity index (χ2v) is 7.54. The van der Waals surface area contributed by atoms with E-state index in [0.29, 0.717) is 30.3 Å². The number of nitrogens with one attached hydrogen (secondary N) is 2. The third-order valence-electron chi connectivity index (χ3n) is 5.64. The van der Waals surface area contributed by atoms with Gasteiger partial charge in [0.1, 0.15) is 23.6 Å². The van der Waals surface area contributed by atoms with Gasteiger partial charge in [0, 0.05) is 12.1 Å². The lowest BCUT2D eigenvalue weighted by atomic mass is 9.77. The van der Waals surface area contributed by atoms with Crippen LogP contribution >= 0.6 is 0 Å². The van der Waals surface area contributed by atoms with E-state index in [2.05, 4.69) is 17.6 Å². The Hall–Kier alpha value is -2.77. The number of methoxy groups -OCH3 is 2. The molecular weight excluding hydrogens is 362 g/mol. The molecule has 1 heterocycles. The molecule has 28 heavy (non-hydrogen) atoms. The molecule has 0 aromatic heterocycles. The fraction of sp³-hybridized carbons (Fsp3) is 0.550. The Bertz CT molecular complexity index is 771. The van der Waals surface area contributed by atoms with E-state index in [1.54, 1.807) is 32.4 Å². The largest absolute Gasteiger partial charge is 0.497 e. The first-order valence-corrected chi connectivity index (χ1v) is 9.50. The van der Waals surface area contributed by atoms with Gasteiger partial charge in [0.25, 0.3) is 5.91 Å². The molecule has 1 aromatic carbocycles. The highest BCUT2D eigenvalue weighted by Gasteiger charge is 2.52. The number of carbonyl (C=O) groups excluding carboxylic acids is 3. The normalized spacial score (nSPS) is 24.2. The number of hydrogen-bond donors (Lipinski definition) is 2. The first kappa shape index (κ1) is 20.0. The van der Waals surface area contributed by atoms with E-state index < -0.39 is 17.5 Å². The predicted molar refractivity (Wildman–Crippen MR) is 102 cm³/mol. The number of urea groups is 1. The van der Waals surface area contributed by atoms with Crippen molar-refractivity contribution in [3.8, 4) is 11.5 Å². The van der Waals surface area contributed by atoms with E-state index in [1.165, 1.54) is 0 Å². The van der Waals surface area contributed by atoms with Crippen LogP contribution in [0.25, 0.3) is 0 Å². The van der Waals surface area contributed by atoms with Crippen molar-refractivity contribution in [2.24, 2.45) is 5.92 Å². The summed E-state index contributed by atoms with van der Waals surface area (Å²) in [5, 5.41) is 5.57. The van der Waals surface area contributed by atoms with E-state index in [9.17, 15) is 14.4 Å². The molecule has 152 valence electrons. The fourth-order valence-electron chi connectivity index (χ4n) is 3.83. The number of amides is 4. The Kier molecular flexibility index (Phi) is 5.76. The van der Waals surface area contributed by atoms with Gasteiger partial charge in [-0.15, -0.1) is 0 Å². The summed E-state index contributed by atoms with van der Waals surface area (Å²) in [6, 6.07) is 4.80. The number of benzene rings is 1. The highest BCUT2D eigenvalue weighted by Crippen LogP contribution is 2.36. The minimum absolute atomic E-state index is 0.200. The van der Waals surface area contributed by atoms with Crippen LogP contribution in [0.4, 0.5) is 4.79 Å². The van der Waals surface area contributed by atoms with Crippen molar-refractivity contribution in [1.29, 1.82) is 0 Å². The third-order valence-corrected chi connectivity index (χ3v) is 5.64. The summed E-state index contributed by atoms with van der Waals surface area (Å²) in [5.74, 6) is 1.11. The van der Waals surface area contributed by atoms with Crippen LogP contribution in [0.2, 0.25) is 0 Å². The van der Waals surface area contributed by atoms with Crippen LogP contribution in [0.3, 0.4) is 0 Å². The molecule has 4 amide bonds. The van der Waals surface area contributed by atoms with Crippen LogP contribution in [0, 0.1) is 5.92 Å². The van der Waals surface area contributed by atoms with Gasteiger partial charge in [0.05, 0.1) is 14.2 Å². The number of carbonyl (C=O) groups is 3. The Morgan fingerprint density at radius 2 is 1.96 bits per heavy atom. The van der Waals surface area contributed by atoms with Crippen molar-refractivity contribution in [3.63, 3.8) is 0 Å². The van der Waals surface area contributed by atoms with Gasteiger partial charge in [-0.25, -0.2) is 4.79 Å². The summed E-state index contributed by atoms with van der Waals surface area (Å²) in [6.07, 6.45) is 3.03. The molecule has 1 saturated heterocycles. The van der Waals surface area contributed by atoms with Gasteiger partial charge in [-0.3, -0.25) is 14.5 Å². The highest BCUT2D eigenvalue weighted by atomic mass is 16.5. The summed E-state index contributed by atoms with van der Waals surface area (Å²) in [4.78, 5) is 38.5. The smallest absolute Gasteiger partial charge is 0.325 e. The minimum atomic E-state index is -0.833. The summed E-state index contributed by atoms with van der Waals surface area (Å²) >= 11 is 0. The number of imide groups is 1. The second kappa shape index (κ2) is 8.08. The lowest BCUT2D eigenvalue weighted by Gasteiger charge is -2.33. The average Bonchev–Trinajstić information content (AvgIpc) is 2.92. The van der Waals surface area contributed by atoms with Crippen molar-refractivity contribution in [2.75, 3.05) is 20.8 Å². The number of hydrogen-bond acceptors (Lipinski definition) is 5. The molecule has 2 N–H and O–H groups in total.